The second kappa shape index (κ2) is 8.27. The van der Waals surface area contributed by atoms with Gasteiger partial charge in [-0.1, -0.05) is 0 Å². The SMILES string of the molecule is O=C(O)c1ccc([N+](=O)[O][Pb][O][N+](=O)c2ccc(C(=O)O)cc2)cc1. The normalized spacial score (nSPS) is 9.92. The summed E-state index contributed by atoms with van der Waals surface area (Å²) >= 11 is -2.55. The first-order valence-electron chi connectivity index (χ1n) is 6.58. The fourth-order valence-corrected chi connectivity index (χ4v) is 3.12. The van der Waals surface area contributed by atoms with E-state index in [1.165, 1.54) is 48.5 Å². The van der Waals surface area contributed by atoms with Gasteiger partial charge in [-0.05, 0) is 0 Å². The molecule has 0 aromatic heterocycles. The number of benzene rings is 2. The van der Waals surface area contributed by atoms with Crippen LogP contribution < -0.4 is 0 Å². The third-order valence-corrected chi connectivity index (χ3v) is 4.76. The number of nitrogens with zero attached hydrogens (tertiary/aromatic N) is 2. The van der Waals surface area contributed by atoms with Gasteiger partial charge in [-0.2, -0.15) is 0 Å². The molecule has 0 aliphatic heterocycles. The van der Waals surface area contributed by atoms with Crippen molar-refractivity contribution >= 4 is 48.5 Å². The third-order valence-electron chi connectivity index (χ3n) is 2.89. The van der Waals surface area contributed by atoms with Crippen molar-refractivity contribution in [3.63, 3.8) is 0 Å². The third kappa shape index (κ3) is 5.04. The molecule has 2 radical (unpaired) electrons. The molecule has 0 unspecified atom stereocenters. The van der Waals surface area contributed by atoms with Crippen molar-refractivity contribution in [3.8, 4) is 0 Å². The zero-order valence-electron chi connectivity index (χ0n) is 12.4. The summed E-state index contributed by atoms with van der Waals surface area (Å²) in [6.45, 7) is 0. The Morgan fingerprint density at radius 3 is 1.32 bits per heavy atom. The van der Waals surface area contributed by atoms with Crippen molar-refractivity contribution < 1.29 is 35.2 Å². The van der Waals surface area contributed by atoms with Crippen molar-refractivity contribution in [2.24, 2.45) is 0 Å². The molecule has 126 valence electrons. The second-order valence-corrected chi connectivity index (χ2v) is 6.55. The average Bonchev–Trinajstić information content (AvgIpc) is 2.61. The number of hydrogen-bond acceptors (Lipinski definition) is 6. The summed E-state index contributed by atoms with van der Waals surface area (Å²) in [5.74, 6) is -2.25. The van der Waals surface area contributed by atoms with Crippen molar-refractivity contribution in [2.75, 3.05) is 0 Å². The summed E-state index contributed by atoms with van der Waals surface area (Å²) in [6.07, 6.45) is 0. The molecule has 2 aromatic carbocycles. The fourth-order valence-electron chi connectivity index (χ4n) is 1.64. The zero-order valence-corrected chi connectivity index (χ0v) is 16.2. The van der Waals surface area contributed by atoms with Crippen molar-refractivity contribution in [3.05, 3.63) is 69.5 Å². The Balaban J connectivity index is 1.86. The van der Waals surface area contributed by atoms with Crippen LogP contribution >= 0.6 is 0 Å². The zero-order chi connectivity index (χ0) is 18.4. The number of carboxylic acid groups (broad SMARTS) is 2. The van der Waals surface area contributed by atoms with Gasteiger partial charge < -0.3 is 0 Å². The molecule has 2 rings (SSSR count). The van der Waals surface area contributed by atoms with Gasteiger partial charge in [0.2, 0.25) is 0 Å². The molecule has 0 spiro atoms. The van der Waals surface area contributed by atoms with Gasteiger partial charge in [0.1, 0.15) is 0 Å². The van der Waals surface area contributed by atoms with Gasteiger partial charge in [0.25, 0.3) is 0 Å². The summed E-state index contributed by atoms with van der Waals surface area (Å²) in [4.78, 5) is 45.1. The van der Waals surface area contributed by atoms with Crippen molar-refractivity contribution in [2.45, 2.75) is 0 Å². The van der Waals surface area contributed by atoms with Gasteiger partial charge in [-0.25, -0.2) is 0 Å². The van der Waals surface area contributed by atoms with Gasteiger partial charge in [0, 0.05) is 0 Å². The van der Waals surface area contributed by atoms with Crippen LogP contribution in [0.2, 0.25) is 0 Å². The van der Waals surface area contributed by atoms with E-state index in [9.17, 15) is 19.4 Å². The molecule has 2 aromatic rings. The maximum absolute atomic E-state index is 11.7. The van der Waals surface area contributed by atoms with E-state index in [0.717, 1.165) is 0 Å². The Labute approximate surface area is 153 Å². The van der Waals surface area contributed by atoms with Gasteiger partial charge in [0.05, 0.1) is 0 Å². The molecule has 0 saturated carbocycles. The first kappa shape index (κ1) is 18.4. The summed E-state index contributed by atoms with van der Waals surface area (Å²) in [7, 11) is 0. The van der Waals surface area contributed by atoms with Gasteiger partial charge >= 0.3 is 153 Å². The van der Waals surface area contributed by atoms with E-state index in [0.29, 0.717) is 0 Å². The molecule has 0 aliphatic carbocycles. The predicted octanol–water partition coefficient (Wildman–Crippen LogP) is 2.00. The number of carboxylic acids is 2. The van der Waals surface area contributed by atoms with E-state index in [1.807, 2.05) is 0 Å². The average molecular weight is 541 g/mol. The molecule has 0 amide bonds. The van der Waals surface area contributed by atoms with E-state index in [2.05, 4.69) is 0 Å². The van der Waals surface area contributed by atoms with Gasteiger partial charge in [-0.3, -0.25) is 0 Å². The quantitative estimate of drug-likeness (QED) is 0.383. The fraction of sp³-hybridized carbons (Fsp3) is 0. The molecule has 0 bridgehead atoms. The molecule has 25 heavy (non-hydrogen) atoms. The standard InChI is InChI=1S/2C7H5NO4.Pb/c2*9-7(10)5-1-3-6(4-2-5)8(11)12;/h2*1-4H,(H,9,10);/q;;+2. The van der Waals surface area contributed by atoms with Crippen molar-refractivity contribution in [1.29, 1.82) is 0 Å². The Morgan fingerprint density at radius 2 is 1.04 bits per heavy atom. The molecule has 0 heterocycles. The van der Waals surface area contributed by atoms with Crippen LogP contribution in [0.3, 0.4) is 0 Å². The van der Waals surface area contributed by atoms with Crippen LogP contribution in [0.5, 0.6) is 0 Å². The summed E-state index contributed by atoms with van der Waals surface area (Å²) < 4.78 is 9.70. The molecule has 0 fully saturated rings. The van der Waals surface area contributed by atoms with Crippen LogP contribution in [0, 0.1) is 9.81 Å². The molecule has 0 aliphatic rings. The molecule has 11 heteroatoms. The molecular weight excluding hydrogens is 531 g/mol. The van der Waals surface area contributed by atoms with E-state index in [4.69, 9.17) is 15.8 Å². The topological polar surface area (TPSA) is 133 Å². The minimum absolute atomic E-state index is 0.0195. The number of aromatic carboxylic acids is 2. The van der Waals surface area contributed by atoms with Crippen LogP contribution in [-0.2, 0) is 5.58 Å². The van der Waals surface area contributed by atoms with Gasteiger partial charge in [-0.15, -0.1) is 0 Å². The minimum atomic E-state index is -2.55. The predicted molar refractivity (Wildman–Crippen MR) is 81.3 cm³/mol. The van der Waals surface area contributed by atoms with E-state index in [1.54, 1.807) is 0 Å². The Morgan fingerprint density at radius 1 is 0.720 bits per heavy atom. The van der Waals surface area contributed by atoms with Crippen LogP contribution in [-0.4, -0.2) is 57.1 Å². The summed E-state index contributed by atoms with van der Waals surface area (Å²) in [5, 5.41) is 17.5. The summed E-state index contributed by atoms with van der Waals surface area (Å²) in [6, 6.07) is 10.0. The van der Waals surface area contributed by atoms with Crippen LogP contribution in [0.4, 0.5) is 11.4 Å². The maximum atomic E-state index is 11.7. The molecule has 10 nitrogen and oxygen atoms in total. The first-order chi connectivity index (χ1) is 11.9. The van der Waals surface area contributed by atoms with E-state index in [-0.39, 0.29) is 32.3 Å². The first-order valence-corrected chi connectivity index (χ1v) is 9.76. The molecule has 0 atom stereocenters. The molecule has 2 N–H and O–H groups in total. The van der Waals surface area contributed by atoms with Crippen molar-refractivity contribution in [1.82, 2.24) is 0 Å². The number of rotatable bonds is 8. The van der Waals surface area contributed by atoms with Gasteiger partial charge in [0.15, 0.2) is 0 Å². The Bertz CT molecular complexity index is 750. The van der Waals surface area contributed by atoms with E-state index < -0.39 is 37.1 Å². The van der Waals surface area contributed by atoms with E-state index >= 15 is 0 Å². The van der Waals surface area contributed by atoms with Crippen LogP contribution in [0.15, 0.2) is 48.5 Å². The Hall–Kier alpha value is -2.90. The second-order valence-electron chi connectivity index (χ2n) is 4.48. The van der Waals surface area contributed by atoms with Crippen LogP contribution in [0.25, 0.3) is 0 Å². The molecular formula is C14H10N2O8Pb+2. The number of hydrogen-bond donors (Lipinski definition) is 2. The van der Waals surface area contributed by atoms with Crippen LogP contribution in [0.1, 0.15) is 20.7 Å². The Kier molecular flexibility index (Phi) is 6.10. The summed E-state index contributed by atoms with van der Waals surface area (Å²) in [5.41, 5.74) is 0.158. The number of carbonyl (C=O) groups is 2. The monoisotopic (exact) mass is 542 g/mol. The molecule has 0 saturated heterocycles.